The van der Waals surface area contributed by atoms with E-state index in [1.54, 1.807) is 12.1 Å². The quantitative estimate of drug-likeness (QED) is 0.563. The minimum Gasteiger partial charge on any atom is -0.477 e. The minimum absolute atomic E-state index is 0.0678. The van der Waals surface area contributed by atoms with Gasteiger partial charge in [0.15, 0.2) is 0 Å². The van der Waals surface area contributed by atoms with E-state index >= 15 is 0 Å². The molecule has 0 fully saturated rings. The van der Waals surface area contributed by atoms with Crippen LogP contribution in [0.2, 0.25) is 5.02 Å². The predicted molar refractivity (Wildman–Crippen MR) is 103 cm³/mol. The fourth-order valence-corrected chi connectivity index (χ4v) is 3.13. The van der Waals surface area contributed by atoms with Crippen LogP contribution in [0.3, 0.4) is 0 Å². The Morgan fingerprint density at radius 1 is 1.43 bits per heavy atom. The molecule has 1 N–H and O–H groups in total. The Kier molecular flexibility index (Phi) is 6.20. The van der Waals surface area contributed by atoms with Crippen LogP contribution in [-0.2, 0) is 16.1 Å². The van der Waals surface area contributed by atoms with Crippen LogP contribution in [0.4, 0.5) is 0 Å². The lowest BCUT2D eigenvalue weighted by Crippen LogP contribution is -2.30. The van der Waals surface area contributed by atoms with Gasteiger partial charge in [0.1, 0.15) is 28.2 Å². The van der Waals surface area contributed by atoms with Gasteiger partial charge < -0.3 is 23.9 Å². The lowest BCUT2D eigenvalue weighted by Gasteiger charge is -2.13. The largest absolute Gasteiger partial charge is 0.492 e. The summed E-state index contributed by atoms with van der Waals surface area (Å²) >= 11 is 6.21. The molecular formula is C19H18BClN2O5. The summed E-state index contributed by atoms with van der Waals surface area (Å²) in [6, 6.07) is 6.92. The number of ether oxygens (including phenoxy) is 2. The molecule has 0 saturated heterocycles. The van der Waals surface area contributed by atoms with Crippen molar-refractivity contribution in [2.75, 3.05) is 6.61 Å². The average molecular weight is 401 g/mol. The number of ketones is 1. The Hall–Kier alpha value is -2.60. The first kappa shape index (κ1) is 20.1. The number of hydrogen-bond acceptors (Lipinski definition) is 7. The van der Waals surface area contributed by atoms with Crippen molar-refractivity contribution in [2.45, 2.75) is 33.3 Å². The van der Waals surface area contributed by atoms with Gasteiger partial charge in [-0.05, 0) is 55.1 Å². The smallest absolute Gasteiger partial charge is 0.477 e. The molecule has 1 aliphatic rings. The van der Waals surface area contributed by atoms with Gasteiger partial charge >= 0.3 is 7.12 Å². The van der Waals surface area contributed by atoms with Gasteiger partial charge in [-0.15, -0.1) is 0 Å². The number of nitriles is 1. The predicted octanol–water partition coefficient (Wildman–Crippen LogP) is 2.67. The van der Waals surface area contributed by atoms with E-state index in [1.165, 1.54) is 13.0 Å². The van der Waals surface area contributed by atoms with Crippen molar-refractivity contribution in [3.05, 3.63) is 39.9 Å². The van der Waals surface area contributed by atoms with Gasteiger partial charge in [0, 0.05) is 6.42 Å². The monoisotopic (exact) mass is 400 g/mol. The van der Waals surface area contributed by atoms with Crippen LogP contribution >= 0.6 is 11.6 Å². The van der Waals surface area contributed by atoms with Gasteiger partial charge in [0.25, 0.3) is 0 Å². The normalized spacial score (nSPS) is 12.5. The van der Waals surface area contributed by atoms with Gasteiger partial charge in [-0.25, -0.2) is 0 Å². The Bertz CT molecular complexity index is 960. The summed E-state index contributed by atoms with van der Waals surface area (Å²) in [5.41, 5.74) is 2.57. The molecule has 7 nitrogen and oxygen atoms in total. The van der Waals surface area contributed by atoms with Gasteiger partial charge in [-0.1, -0.05) is 11.6 Å². The third kappa shape index (κ3) is 4.45. The molecule has 144 valence electrons. The van der Waals surface area contributed by atoms with Gasteiger partial charge in [-0.3, -0.25) is 0 Å². The van der Waals surface area contributed by atoms with Crippen molar-refractivity contribution >= 4 is 30.0 Å². The highest BCUT2D eigenvalue weighted by atomic mass is 35.5. The van der Waals surface area contributed by atoms with Crippen LogP contribution in [0.5, 0.6) is 17.5 Å². The maximum Gasteiger partial charge on any atom is 0.492 e. The molecular weight excluding hydrogens is 382 g/mol. The first-order valence-corrected chi connectivity index (χ1v) is 9.10. The van der Waals surface area contributed by atoms with Crippen molar-refractivity contribution in [1.82, 2.24) is 4.98 Å². The molecule has 0 atom stereocenters. The highest BCUT2D eigenvalue weighted by Gasteiger charge is 2.30. The van der Waals surface area contributed by atoms with Crippen molar-refractivity contribution in [1.29, 1.82) is 5.26 Å². The summed E-state index contributed by atoms with van der Waals surface area (Å²) in [7, 11) is -0.935. The van der Waals surface area contributed by atoms with Gasteiger partial charge in [-0.2, -0.15) is 10.2 Å². The Labute approximate surface area is 168 Å². The number of pyridine rings is 1. The molecule has 1 aliphatic heterocycles. The van der Waals surface area contributed by atoms with E-state index in [2.05, 4.69) is 4.98 Å². The van der Waals surface area contributed by atoms with Crippen LogP contribution in [-0.4, -0.2) is 29.5 Å². The van der Waals surface area contributed by atoms with Crippen LogP contribution in [0.15, 0.2) is 18.2 Å². The van der Waals surface area contributed by atoms with E-state index in [4.69, 9.17) is 25.7 Å². The molecule has 1 aromatic carbocycles. The van der Waals surface area contributed by atoms with Crippen LogP contribution in [0.1, 0.15) is 36.5 Å². The first-order chi connectivity index (χ1) is 13.4. The first-order valence-electron chi connectivity index (χ1n) is 8.73. The molecule has 1 aromatic heterocycles. The van der Waals surface area contributed by atoms with Crippen molar-refractivity contribution in [2.24, 2.45) is 0 Å². The van der Waals surface area contributed by atoms with E-state index in [9.17, 15) is 15.1 Å². The molecule has 0 bridgehead atoms. The molecule has 0 aliphatic carbocycles. The van der Waals surface area contributed by atoms with Crippen LogP contribution in [0, 0.1) is 18.3 Å². The highest BCUT2D eigenvalue weighted by Crippen LogP contribution is 2.33. The number of aryl methyl sites for hydroxylation is 1. The standard InChI is InChI=1S/C19H18BClN2O5/c1-11-6-15(7-14-10-27-20(25)17(11)14)28-19-16(21)8-13(9-22)18(23-19)26-5-3-4-12(2)24/h6-8,25H,3-5,10H2,1-2H3. The lowest BCUT2D eigenvalue weighted by molar-refractivity contribution is -0.117. The molecule has 28 heavy (non-hydrogen) atoms. The number of Topliss-reactive ketones (excluding diaryl/α,β-unsaturated/α-hetero) is 1. The molecule has 0 unspecified atom stereocenters. The number of hydrogen-bond donors (Lipinski definition) is 1. The maximum atomic E-state index is 11.0. The van der Waals surface area contributed by atoms with Gasteiger partial charge in [0.05, 0.1) is 13.2 Å². The zero-order chi connectivity index (χ0) is 20.3. The molecule has 0 spiro atoms. The maximum absolute atomic E-state index is 11.0. The number of carbonyl (C=O) groups excluding carboxylic acids is 1. The molecule has 0 radical (unpaired) electrons. The number of carbonyl (C=O) groups is 1. The molecule has 2 heterocycles. The topological polar surface area (TPSA) is 102 Å². The molecule has 0 amide bonds. The minimum atomic E-state index is -0.935. The summed E-state index contributed by atoms with van der Waals surface area (Å²) in [6.45, 7) is 3.89. The SMILES string of the molecule is CC(=O)CCCOc1nc(Oc2cc(C)c3c(c2)COB3O)c(Cl)cc1C#N. The Morgan fingerprint density at radius 2 is 2.21 bits per heavy atom. The fraction of sp³-hybridized carbons (Fsp3) is 0.316. The second-order valence-corrected chi connectivity index (χ2v) is 6.88. The molecule has 9 heteroatoms. The van der Waals surface area contributed by atoms with E-state index < -0.39 is 7.12 Å². The third-order valence-corrected chi connectivity index (χ3v) is 4.52. The van der Waals surface area contributed by atoms with E-state index in [0.717, 1.165) is 16.6 Å². The zero-order valence-corrected chi connectivity index (χ0v) is 16.2. The number of benzene rings is 1. The fourth-order valence-electron chi connectivity index (χ4n) is 2.94. The van der Waals surface area contributed by atoms with Crippen molar-refractivity contribution < 1.29 is 23.9 Å². The average Bonchev–Trinajstić information content (AvgIpc) is 3.02. The molecule has 2 aromatic rings. The van der Waals surface area contributed by atoms with E-state index in [0.29, 0.717) is 18.6 Å². The summed E-state index contributed by atoms with van der Waals surface area (Å²) < 4.78 is 16.6. The lowest BCUT2D eigenvalue weighted by atomic mass is 9.76. The summed E-state index contributed by atoms with van der Waals surface area (Å²) in [5, 5.41) is 19.3. The summed E-state index contributed by atoms with van der Waals surface area (Å²) in [4.78, 5) is 15.3. The molecule has 0 saturated carbocycles. The number of nitrogens with zero attached hydrogens (tertiary/aromatic N) is 2. The van der Waals surface area contributed by atoms with Crippen LogP contribution in [0.25, 0.3) is 0 Å². The molecule has 3 rings (SSSR count). The van der Waals surface area contributed by atoms with Crippen molar-refractivity contribution in [3.8, 4) is 23.6 Å². The van der Waals surface area contributed by atoms with E-state index in [1.807, 2.05) is 13.0 Å². The number of fused-ring (bicyclic) bond motifs is 1. The van der Waals surface area contributed by atoms with Crippen LogP contribution < -0.4 is 14.9 Å². The Balaban J connectivity index is 1.82. The summed E-state index contributed by atoms with van der Waals surface area (Å²) in [6.07, 6.45) is 0.911. The van der Waals surface area contributed by atoms with Crippen molar-refractivity contribution in [3.63, 3.8) is 0 Å². The second-order valence-electron chi connectivity index (χ2n) is 6.47. The highest BCUT2D eigenvalue weighted by molar-refractivity contribution is 6.62. The van der Waals surface area contributed by atoms with Gasteiger partial charge in [0.2, 0.25) is 11.8 Å². The number of aromatic nitrogens is 1. The second kappa shape index (κ2) is 8.61. The van der Waals surface area contributed by atoms with E-state index in [-0.39, 0.29) is 41.3 Å². The number of rotatable bonds is 7. The number of halogens is 1. The third-order valence-electron chi connectivity index (χ3n) is 4.25. The Morgan fingerprint density at radius 3 is 2.93 bits per heavy atom. The zero-order valence-electron chi connectivity index (χ0n) is 15.5. The summed E-state index contributed by atoms with van der Waals surface area (Å²) in [5.74, 6) is 0.747.